The summed E-state index contributed by atoms with van der Waals surface area (Å²) in [6, 6.07) is 7.33. The van der Waals surface area contributed by atoms with Gasteiger partial charge in [-0.25, -0.2) is 0 Å². The Hall–Kier alpha value is -3.00. The number of hydrogen-bond acceptors (Lipinski definition) is 5. The molecular weight excluding hydrogens is 328 g/mol. The van der Waals surface area contributed by atoms with E-state index in [4.69, 9.17) is 12.2 Å². The predicted molar refractivity (Wildman–Crippen MR) is 93.7 cm³/mol. The minimum Gasteiger partial charge on any atom is -0.494 e. The topological polar surface area (TPSA) is 102 Å². The van der Waals surface area contributed by atoms with E-state index in [1.54, 1.807) is 19.1 Å². The molecule has 0 bridgehead atoms. The molecule has 8 heteroatoms. The smallest absolute Gasteiger partial charge is 0.280 e. The summed E-state index contributed by atoms with van der Waals surface area (Å²) in [4.78, 5) is 29.4. The number of rotatable bonds is 2. The molecule has 0 aliphatic carbocycles. The lowest BCUT2D eigenvalue weighted by Gasteiger charge is -2.11. The third kappa shape index (κ3) is 2.79. The number of hydrogen-bond donors (Lipinski definition) is 3. The van der Waals surface area contributed by atoms with Crippen molar-refractivity contribution in [3.05, 3.63) is 56.1 Å². The summed E-state index contributed by atoms with van der Waals surface area (Å²) in [7, 11) is 0. The van der Waals surface area contributed by atoms with Gasteiger partial charge in [-0.2, -0.15) is 10.1 Å². The van der Waals surface area contributed by atoms with Gasteiger partial charge in [-0.1, -0.05) is 17.7 Å². The first-order chi connectivity index (χ1) is 11.4. The fraction of sp³-hybridized carbons (Fsp3) is 0.125. The number of aromatic amines is 2. The van der Waals surface area contributed by atoms with Crippen LogP contribution in [0.1, 0.15) is 18.1 Å². The van der Waals surface area contributed by atoms with Crippen LogP contribution in [0.4, 0.5) is 5.69 Å². The van der Waals surface area contributed by atoms with Crippen LogP contribution in [-0.2, 0) is 4.79 Å². The van der Waals surface area contributed by atoms with E-state index < -0.39 is 11.4 Å². The van der Waals surface area contributed by atoms with Gasteiger partial charge >= 0.3 is 0 Å². The van der Waals surface area contributed by atoms with E-state index in [0.717, 1.165) is 5.56 Å². The number of nitrogens with one attached hydrogen (secondary N) is 2. The van der Waals surface area contributed by atoms with Crippen molar-refractivity contribution in [2.75, 3.05) is 5.01 Å². The van der Waals surface area contributed by atoms with Crippen LogP contribution in [-0.4, -0.2) is 26.7 Å². The number of H-pyrrole nitrogens is 2. The Kier molecular flexibility index (Phi) is 3.90. The zero-order valence-electron chi connectivity index (χ0n) is 13.0. The molecule has 122 valence electrons. The van der Waals surface area contributed by atoms with E-state index in [1.807, 2.05) is 19.1 Å². The van der Waals surface area contributed by atoms with Gasteiger partial charge in [0.2, 0.25) is 5.88 Å². The molecule has 1 aliphatic heterocycles. The van der Waals surface area contributed by atoms with Crippen LogP contribution in [0.5, 0.6) is 5.88 Å². The van der Waals surface area contributed by atoms with E-state index in [-0.39, 0.29) is 21.8 Å². The normalized spacial score (nSPS) is 15.9. The lowest BCUT2D eigenvalue weighted by atomic mass is 10.1. The standard InChI is InChI=1S/C16H14N4O3S/c1-8-3-5-10(6-4-8)20-15(23)11(9(2)19-20)7-12-13(21)17-16(24)18-14(12)22/h3-7H,1-2H3,(H3,17,18,21,22,24). The summed E-state index contributed by atoms with van der Waals surface area (Å²) in [5.41, 5.74) is 1.70. The average molecular weight is 342 g/mol. The van der Waals surface area contributed by atoms with Gasteiger partial charge in [0.1, 0.15) is 5.56 Å². The van der Waals surface area contributed by atoms with E-state index >= 15 is 0 Å². The minimum absolute atomic E-state index is 0.00377. The van der Waals surface area contributed by atoms with Crippen LogP contribution in [0.25, 0.3) is 6.08 Å². The second-order valence-electron chi connectivity index (χ2n) is 5.37. The van der Waals surface area contributed by atoms with Crippen LogP contribution >= 0.6 is 12.2 Å². The SMILES string of the molecule is CC1=NN(c2ccc(C)cc2)C(=O)C1=Cc1c(O)[nH]c(=S)[nH]c1=O. The van der Waals surface area contributed by atoms with Crippen LogP contribution in [0.3, 0.4) is 0 Å². The van der Waals surface area contributed by atoms with Gasteiger partial charge < -0.3 is 10.1 Å². The maximum absolute atomic E-state index is 12.6. The first kappa shape index (κ1) is 15.9. The Labute approximate surface area is 142 Å². The van der Waals surface area contributed by atoms with Crippen molar-refractivity contribution < 1.29 is 9.90 Å². The highest BCUT2D eigenvalue weighted by atomic mass is 32.1. The lowest BCUT2D eigenvalue weighted by Crippen LogP contribution is -2.21. The van der Waals surface area contributed by atoms with E-state index in [9.17, 15) is 14.7 Å². The maximum Gasteiger partial charge on any atom is 0.280 e. The zero-order valence-corrected chi connectivity index (χ0v) is 13.8. The van der Waals surface area contributed by atoms with Crippen LogP contribution in [0.2, 0.25) is 0 Å². The number of carbonyl (C=O) groups excluding carboxylic acids is 1. The molecule has 1 aromatic heterocycles. The molecule has 1 amide bonds. The highest BCUT2D eigenvalue weighted by Gasteiger charge is 2.29. The maximum atomic E-state index is 12.6. The summed E-state index contributed by atoms with van der Waals surface area (Å²) in [6.07, 6.45) is 1.30. The van der Waals surface area contributed by atoms with Crippen molar-refractivity contribution in [3.8, 4) is 5.88 Å². The molecule has 2 aromatic rings. The summed E-state index contributed by atoms with van der Waals surface area (Å²) >= 11 is 4.78. The van der Waals surface area contributed by atoms with E-state index in [1.165, 1.54) is 11.1 Å². The number of anilines is 1. The largest absolute Gasteiger partial charge is 0.494 e. The molecule has 0 atom stereocenters. The summed E-state index contributed by atoms with van der Waals surface area (Å²) in [5.74, 6) is -0.775. The van der Waals surface area contributed by atoms with Crippen LogP contribution in [0, 0.1) is 11.7 Å². The molecule has 0 radical (unpaired) electrons. The molecular formula is C16H14N4O3S. The molecule has 0 saturated carbocycles. The van der Waals surface area contributed by atoms with Gasteiger partial charge in [0.25, 0.3) is 11.5 Å². The molecule has 0 spiro atoms. The van der Waals surface area contributed by atoms with Gasteiger partial charge in [-0.05, 0) is 44.3 Å². The highest BCUT2D eigenvalue weighted by Crippen LogP contribution is 2.25. The van der Waals surface area contributed by atoms with Crippen molar-refractivity contribution in [2.45, 2.75) is 13.8 Å². The molecule has 3 N–H and O–H groups in total. The van der Waals surface area contributed by atoms with Crippen molar-refractivity contribution in [2.24, 2.45) is 5.10 Å². The van der Waals surface area contributed by atoms with Gasteiger partial charge in [0.05, 0.1) is 17.0 Å². The van der Waals surface area contributed by atoms with Crippen molar-refractivity contribution in [3.63, 3.8) is 0 Å². The van der Waals surface area contributed by atoms with Crippen LogP contribution < -0.4 is 10.6 Å². The molecule has 24 heavy (non-hydrogen) atoms. The molecule has 0 saturated heterocycles. The van der Waals surface area contributed by atoms with Crippen LogP contribution in [0.15, 0.2) is 39.7 Å². The Morgan fingerprint density at radius 3 is 2.46 bits per heavy atom. The number of hydrazone groups is 1. The number of carbonyl (C=O) groups is 1. The molecule has 2 heterocycles. The minimum atomic E-state index is -0.585. The number of amides is 1. The van der Waals surface area contributed by atoms with Gasteiger partial charge in [-0.15, -0.1) is 0 Å². The third-order valence-corrected chi connectivity index (χ3v) is 3.79. The first-order valence-corrected chi connectivity index (χ1v) is 7.51. The Bertz CT molecular complexity index is 999. The summed E-state index contributed by atoms with van der Waals surface area (Å²) < 4.78 is 0.00377. The van der Waals surface area contributed by atoms with Crippen molar-refractivity contribution in [1.29, 1.82) is 0 Å². The molecule has 0 unspecified atom stereocenters. The lowest BCUT2D eigenvalue weighted by molar-refractivity contribution is -0.114. The molecule has 7 nitrogen and oxygen atoms in total. The van der Waals surface area contributed by atoms with Gasteiger partial charge in [0, 0.05) is 0 Å². The second-order valence-corrected chi connectivity index (χ2v) is 5.77. The Morgan fingerprint density at radius 2 is 1.83 bits per heavy atom. The Balaban J connectivity index is 2.04. The quantitative estimate of drug-likeness (QED) is 0.575. The zero-order chi connectivity index (χ0) is 17.4. The fourth-order valence-corrected chi connectivity index (χ4v) is 2.50. The molecule has 3 rings (SSSR count). The summed E-state index contributed by atoms with van der Waals surface area (Å²) in [6.45, 7) is 3.61. The predicted octanol–water partition coefficient (Wildman–Crippen LogP) is 2.25. The second kappa shape index (κ2) is 5.89. The summed E-state index contributed by atoms with van der Waals surface area (Å²) in [5, 5.41) is 15.4. The fourth-order valence-electron chi connectivity index (χ4n) is 2.31. The number of benzene rings is 1. The highest BCUT2D eigenvalue weighted by molar-refractivity contribution is 7.71. The third-order valence-electron chi connectivity index (χ3n) is 3.59. The van der Waals surface area contributed by atoms with Gasteiger partial charge in [-0.3, -0.25) is 14.6 Å². The van der Waals surface area contributed by atoms with Crippen molar-refractivity contribution >= 4 is 35.6 Å². The van der Waals surface area contributed by atoms with Gasteiger partial charge in [0.15, 0.2) is 4.77 Å². The first-order valence-electron chi connectivity index (χ1n) is 7.11. The number of aromatic nitrogens is 2. The van der Waals surface area contributed by atoms with Crippen molar-refractivity contribution in [1.82, 2.24) is 9.97 Å². The number of nitrogens with zero attached hydrogens (tertiary/aromatic N) is 2. The molecule has 0 fully saturated rings. The monoisotopic (exact) mass is 342 g/mol. The van der Waals surface area contributed by atoms with E-state index in [0.29, 0.717) is 11.4 Å². The Morgan fingerprint density at radius 1 is 1.17 bits per heavy atom. The van der Waals surface area contributed by atoms with E-state index in [2.05, 4.69) is 15.1 Å². The molecule has 1 aliphatic rings. The number of aromatic hydroxyl groups is 1. The average Bonchev–Trinajstić information content (AvgIpc) is 2.79. The number of aryl methyl sites for hydroxylation is 1. The molecule has 1 aromatic carbocycles.